The van der Waals surface area contributed by atoms with Gasteiger partial charge in [-0.25, -0.2) is 0 Å². The largest absolute Gasteiger partial charge is 1.00 e. The maximum atomic E-state index is 2.26. The SMILES string of the molecule is CCCC[NH+]1C=CC=C1CC.[F-]. The van der Waals surface area contributed by atoms with Crippen LogP contribution in [0.15, 0.2) is 24.0 Å². The Hall–Kier alpha value is -0.630. The first-order valence-electron chi connectivity index (χ1n) is 4.62. The van der Waals surface area contributed by atoms with E-state index in [1.807, 2.05) is 0 Å². The Kier molecular flexibility index (Phi) is 5.64. The third kappa shape index (κ3) is 2.78. The molecule has 0 aromatic heterocycles. The molecule has 1 aliphatic rings. The molecule has 12 heavy (non-hydrogen) atoms. The minimum Gasteiger partial charge on any atom is -1.00 e. The first kappa shape index (κ1) is 11.4. The molecule has 1 aliphatic heterocycles. The van der Waals surface area contributed by atoms with E-state index in [4.69, 9.17) is 0 Å². The number of rotatable bonds is 4. The van der Waals surface area contributed by atoms with Crippen LogP contribution >= 0.6 is 0 Å². The highest BCUT2D eigenvalue weighted by Gasteiger charge is 2.12. The maximum absolute atomic E-state index is 2.26. The van der Waals surface area contributed by atoms with Gasteiger partial charge in [-0.3, -0.25) is 4.90 Å². The van der Waals surface area contributed by atoms with Crippen molar-refractivity contribution < 1.29 is 9.60 Å². The summed E-state index contributed by atoms with van der Waals surface area (Å²) in [4.78, 5) is 1.56. The van der Waals surface area contributed by atoms with Crippen molar-refractivity contribution in [2.45, 2.75) is 33.1 Å². The number of hydrogen-bond acceptors (Lipinski definition) is 0. The van der Waals surface area contributed by atoms with Gasteiger partial charge in [-0.15, -0.1) is 0 Å². The molecule has 1 nitrogen and oxygen atoms in total. The molecule has 0 saturated carbocycles. The highest BCUT2D eigenvalue weighted by atomic mass is 19.0. The summed E-state index contributed by atoms with van der Waals surface area (Å²) < 4.78 is 0. The third-order valence-electron chi connectivity index (χ3n) is 2.19. The van der Waals surface area contributed by atoms with Crippen LogP contribution < -0.4 is 9.60 Å². The zero-order valence-electron chi connectivity index (χ0n) is 7.94. The molecule has 0 aliphatic carbocycles. The van der Waals surface area contributed by atoms with E-state index in [0.29, 0.717) is 0 Å². The summed E-state index contributed by atoms with van der Waals surface area (Å²) in [5.74, 6) is 0. The second-order valence-corrected chi connectivity index (χ2v) is 3.03. The highest BCUT2D eigenvalue weighted by Crippen LogP contribution is 1.96. The Morgan fingerprint density at radius 3 is 2.67 bits per heavy atom. The van der Waals surface area contributed by atoms with Crippen molar-refractivity contribution in [1.29, 1.82) is 0 Å². The summed E-state index contributed by atoms with van der Waals surface area (Å²) in [5.41, 5.74) is 1.54. The van der Waals surface area contributed by atoms with Gasteiger partial charge in [0.15, 0.2) is 0 Å². The molecule has 0 saturated heterocycles. The predicted molar refractivity (Wildman–Crippen MR) is 48.3 cm³/mol. The van der Waals surface area contributed by atoms with Crippen LogP contribution in [0, 0.1) is 0 Å². The monoisotopic (exact) mass is 171 g/mol. The van der Waals surface area contributed by atoms with Gasteiger partial charge in [0.1, 0.15) is 5.70 Å². The lowest BCUT2D eigenvalue weighted by Gasteiger charge is -2.11. The molecular weight excluding hydrogens is 153 g/mol. The zero-order valence-corrected chi connectivity index (χ0v) is 7.94. The average Bonchev–Trinajstić information content (AvgIpc) is 2.47. The maximum Gasteiger partial charge on any atom is 0.112 e. The summed E-state index contributed by atoms with van der Waals surface area (Å²) in [7, 11) is 0. The number of allylic oxidation sites excluding steroid dienone is 3. The number of hydrogen-bond donors (Lipinski definition) is 1. The fraction of sp³-hybridized carbons (Fsp3) is 0.600. The molecule has 0 aromatic rings. The third-order valence-corrected chi connectivity index (χ3v) is 2.19. The second-order valence-electron chi connectivity index (χ2n) is 3.03. The normalized spacial score (nSPS) is 20.5. The van der Waals surface area contributed by atoms with Crippen LogP contribution in [-0.2, 0) is 0 Å². The van der Waals surface area contributed by atoms with E-state index in [1.54, 1.807) is 10.6 Å². The van der Waals surface area contributed by atoms with E-state index in [1.165, 1.54) is 25.8 Å². The minimum absolute atomic E-state index is 0. The lowest BCUT2D eigenvalue weighted by Crippen LogP contribution is -3.04. The summed E-state index contributed by atoms with van der Waals surface area (Å²) >= 11 is 0. The highest BCUT2D eigenvalue weighted by molar-refractivity contribution is 5.09. The van der Waals surface area contributed by atoms with Crippen LogP contribution in [0.5, 0.6) is 0 Å². The standard InChI is InChI=1S/C10H17N.FH/c1-3-5-8-11-9-6-7-10(11)4-2;/h6-7,9H,3-5,8H2,1-2H3;1H. The van der Waals surface area contributed by atoms with Crippen LogP contribution in [0.4, 0.5) is 0 Å². The number of quaternary nitrogens is 1. The van der Waals surface area contributed by atoms with Crippen molar-refractivity contribution in [2.24, 2.45) is 0 Å². The summed E-state index contributed by atoms with van der Waals surface area (Å²) in [5, 5.41) is 0. The fourth-order valence-corrected chi connectivity index (χ4v) is 1.45. The van der Waals surface area contributed by atoms with Gasteiger partial charge in [-0.05, 0) is 12.5 Å². The number of unbranched alkanes of at least 4 members (excludes halogenated alkanes) is 1. The Labute approximate surface area is 74.1 Å². The molecule has 70 valence electrons. The molecule has 0 aromatic carbocycles. The predicted octanol–water partition coefficient (Wildman–Crippen LogP) is -1.50. The van der Waals surface area contributed by atoms with Crippen molar-refractivity contribution in [1.82, 2.24) is 0 Å². The Bertz CT molecular complexity index is 173. The molecule has 1 atom stereocenters. The van der Waals surface area contributed by atoms with Gasteiger partial charge in [0.2, 0.25) is 0 Å². The minimum atomic E-state index is 0. The van der Waals surface area contributed by atoms with Crippen LogP contribution in [0.1, 0.15) is 33.1 Å². The van der Waals surface area contributed by atoms with Gasteiger partial charge >= 0.3 is 0 Å². The van der Waals surface area contributed by atoms with Crippen LogP contribution in [-0.4, -0.2) is 6.54 Å². The smallest absolute Gasteiger partial charge is 0.112 e. The van der Waals surface area contributed by atoms with E-state index >= 15 is 0 Å². The molecular formula is C10H18FN. The quantitative estimate of drug-likeness (QED) is 0.525. The Balaban J connectivity index is 0.00000121. The van der Waals surface area contributed by atoms with Crippen LogP contribution in [0.3, 0.4) is 0 Å². The summed E-state index contributed by atoms with van der Waals surface area (Å²) in [6, 6.07) is 0. The van der Waals surface area contributed by atoms with Crippen molar-refractivity contribution in [2.75, 3.05) is 6.54 Å². The van der Waals surface area contributed by atoms with Gasteiger partial charge in [0.05, 0.1) is 12.7 Å². The molecule has 0 amide bonds. The molecule has 1 N–H and O–H groups in total. The van der Waals surface area contributed by atoms with E-state index < -0.39 is 0 Å². The average molecular weight is 171 g/mol. The van der Waals surface area contributed by atoms with Crippen LogP contribution in [0.2, 0.25) is 0 Å². The Morgan fingerprint density at radius 2 is 2.08 bits per heavy atom. The molecule has 1 rings (SSSR count). The topological polar surface area (TPSA) is 4.44 Å². The number of halogens is 1. The second kappa shape index (κ2) is 5.95. The number of nitrogens with one attached hydrogen (secondary N) is 1. The Morgan fingerprint density at radius 1 is 1.33 bits per heavy atom. The van der Waals surface area contributed by atoms with E-state index in [-0.39, 0.29) is 4.70 Å². The van der Waals surface area contributed by atoms with Gasteiger partial charge < -0.3 is 4.70 Å². The molecule has 0 bridgehead atoms. The van der Waals surface area contributed by atoms with Crippen molar-refractivity contribution in [3.05, 3.63) is 24.0 Å². The summed E-state index contributed by atoms with van der Waals surface area (Å²) in [6.45, 7) is 5.74. The van der Waals surface area contributed by atoms with Gasteiger partial charge in [0.25, 0.3) is 0 Å². The summed E-state index contributed by atoms with van der Waals surface area (Å²) in [6.07, 6.45) is 10.5. The van der Waals surface area contributed by atoms with Gasteiger partial charge in [0, 0.05) is 12.5 Å². The van der Waals surface area contributed by atoms with Crippen LogP contribution in [0.25, 0.3) is 0 Å². The van der Waals surface area contributed by atoms with Crippen molar-refractivity contribution in [3.63, 3.8) is 0 Å². The zero-order chi connectivity index (χ0) is 8.10. The van der Waals surface area contributed by atoms with Gasteiger partial charge in [-0.2, -0.15) is 0 Å². The molecule has 0 radical (unpaired) electrons. The molecule has 0 spiro atoms. The first-order valence-corrected chi connectivity index (χ1v) is 4.62. The van der Waals surface area contributed by atoms with Crippen molar-refractivity contribution >= 4 is 0 Å². The van der Waals surface area contributed by atoms with E-state index in [0.717, 1.165) is 0 Å². The van der Waals surface area contributed by atoms with E-state index in [9.17, 15) is 0 Å². The lowest BCUT2D eigenvalue weighted by atomic mass is 10.3. The van der Waals surface area contributed by atoms with Crippen molar-refractivity contribution in [3.8, 4) is 0 Å². The fourth-order valence-electron chi connectivity index (χ4n) is 1.45. The molecule has 1 unspecified atom stereocenters. The molecule has 2 heteroatoms. The molecule has 1 heterocycles. The first-order chi connectivity index (χ1) is 5.38. The molecule has 0 fully saturated rings. The van der Waals surface area contributed by atoms with Gasteiger partial charge in [-0.1, -0.05) is 20.3 Å². The van der Waals surface area contributed by atoms with E-state index in [2.05, 4.69) is 32.2 Å². The lowest BCUT2D eigenvalue weighted by molar-refractivity contribution is -0.804.